The predicted molar refractivity (Wildman–Crippen MR) is 61.6 cm³/mol. The minimum Gasteiger partial charge on any atom is -0.465 e. The number of hydrogen-bond donors (Lipinski definition) is 2. The van der Waals surface area contributed by atoms with E-state index in [9.17, 15) is 4.79 Å². The summed E-state index contributed by atoms with van der Waals surface area (Å²) in [6.45, 7) is 0. The molecule has 2 heterocycles. The summed E-state index contributed by atoms with van der Waals surface area (Å²) in [7, 11) is 0. The smallest absolute Gasteiger partial charge is 0.410 e. The second-order valence-electron chi connectivity index (χ2n) is 4.00. The van der Waals surface area contributed by atoms with Crippen LogP contribution >= 0.6 is 11.6 Å². The maximum atomic E-state index is 10.7. The average Bonchev–Trinajstić information content (AvgIpc) is 2.98. The first-order valence-corrected chi connectivity index (χ1v) is 5.57. The van der Waals surface area contributed by atoms with Crippen LogP contribution in [0.2, 0.25) is 5.15 Å². The normalized spacial score (nSPS) is 15.1. The second kappa shape index (κ2) is 3.59. The molecule has 2 aromatic heterocycles. The number of rotatable bonds is 2. The SMILES string of the molecule is O=C(O)Nc1cc(Cl)nc2c(C3CC3)cnn12. The van der Waals surface area contributed by atoms with Crippen molar-refractivity contribution in [2.75, 3.05) is 5.32 Å². The minimum atomic E-state index is -1.16. The van der Waals surface area contributed by atoms with Crippen LogP contribution in [0.3, 0.4) is 0 Å². The Hall–Kier alpha value is -1.82. The molecule has 17 heavy (non-hydrogen) atoms. The van der Waals surface area contributed by atoms with E-state index < -0.39 is 6.09 Å². The van der Waals surface area contributed by atoms with Crippen molar-refractivity contribution in [3.8, 4) is 0 Å². The highest BCUT2D eigenvalue weighted by molar-refractivity contribution is 6.29. The molecule has 1 fully saturated rings. The third kappa shape index (κ3) is 1.80. The average molecular weight is 253 g/mol. The molecule has 7 heteroatoms. The van der Waals surface area contributed by atoms with Crippen LogP contribution in [0.15, 0.2) is 12.3 Å². The van der Waals surface area contributed by atoms with Gasteiger partial charge >= 0.3 is 6.09 Å². The lowest BCUT2D eigenvalue weighted by Crippen LogP contribution is -2.11. The molecule has 0 aromatic carbocycles. The van der Waals surface area contributed by atoms with Crippen LogP contribution in [-0.2, 0) is 0 Å². The summed E-state index contributed by atoms with van der Waals surface area (Å²) in [6, 6.07) is 1.44. The molecule has 88 valence electrons. The maximum Gasteiger partial charge on any atom is 0.410 e. The third-order valence-corrected chi connectivity index (χ3v) is 2.91. The molecule has 1 amide bonds. The fourth-order valence-corrected chi connectivity index (χ4v) is 2.01. The molecule has 2 aromatic rings. The Morgan fingerprint density at radius 3 is 3.00 bits per heavy atom. The number of hydrogen-bond acceptors (Lipinski definition) is 3. The number of fused-ring (bicyclic) bond motifs is 1. The summed E-state index contributed by atoms with van der Waals surface area (Å²) >= 11 is 5.88. The molecular formula is C10H9ClN4O2. The van der Waals surface area contributed by atoms with E-state index in [2.05, 4.69) is 15.4 Å². The minimum absolute atomic E-state index is 0.253. The van der Waals surface area contributed by atoms with E-state index in [1.807, 2.05) is 0 Å². The molecule has 1 saturated carbocycles. The second-order valence-corrected chi connectivity index (χ2v) is 4.39. The molecule has 1 aliphatic rings. The summed E-state index contributed by atoms with van der Waals surface area (Å²) in [5, 5.41) is 15.4. The third-order valence-electron chi connectivity index (χ3n) is 2.72. The van der Waals surface area contributed by atoms with Crippen LogP contribution in [-0.4, -0.2) is 25.8 Å². The van der Waals surface area contributed by atoms with Crippen LogP contribution in [0, 0.1) is 0 Å². The van der Waals surface area contributed by atoms with Gasteiger partial charge in [0.2, 0.25) is 0 Å². The zero-order valence-corrected chi connectivity index (χ0v) is 9.48. The molecule has 2 N–H and O–H groups in total. The number of nitrogens with zero attached hydrogens (tertiary/aromatic N) is 3. The van der Waals surface area contributed by atoms with Gasteiger partial charge in [-0.1, -0.05) is 11.6 Å². The van der Waals surface area contributed by atoms with E-state index in [4.69, 9.17) is 16.7 Å². The number of carboxylic acid groups (broad SMARTS) is 1. The van der Waals surface area contributed by atoms with Crippen molar-refractivity contribution in [2.24, 2.45) is 0 Å². The van der Waals surface area contributed by atoms with Gasteiger partial charge in [0, 0.05) is 11.6 Å². The van der Waals surface area contributed by atoms with Crippen molar-refractivity contribution < 1.29 is 9.90 Å². The molecule has 3 rings (SSSR count). The molecular weight excluding hydrogens is 244 g/mol. The number of nitrogens with one attached hydrogen (secondary N) is 1. The van der Waals surface area contributed by atoms with Crippen LogP contribution in [0.25, 0.3) is 5.65 Å². The topological polar surface area (TPSA) is 79.5 Å². The van der Waals surface area contributed by atoms with Crippen LogP contribution in [0.5, 0.6) is 0 Å². The van der Waals surface area contributed by atoms with E-state index in [0.29, 0.717) is 17.4 Å². The maximum absolute atomic E-state index is 10.7. The first kappa shape index (κ1) is 10.3. The van der Waals surface area contributed by atoms with Crippen LogP contribution in [0.4, 0.5) is 10.6 Å². The Morgan fingerprint density at radius 2 is 2.35 bits per heavy atom. The monoisotopic (exact) mass is 252 g/mol. The Kier molecular flexibility index (Phi) is 2.19. The van der Waals surface area contributed by atoms with E-state index >= 15 is 0 Å². The summed E-state index contributed by atoms with van der Waals surface area (Å²) < 4.78 is 1.47. The molecule has 0 unspecified atom stereocenters. The van der Waals surface area contributed by atoms with Crippen LogP contribution < -0.4 is 5.32 Å². The van der Waals surface area contributed by atoms with Crippen LogP contribution in [0.1, 0.15) is 24.3 Å². The highest BCUT2D eigenvalue weighted by Crippen LogP contribution is 2.41. The van der Waals surface area contributed by atoms with Crippen molar-refractivity contribution in [2.45, 2.75) is 18.8 Å². The van der Waals surface area contributed by atoms with Crippen molar-refractivity contribution in [3.63, 3.8) is 0 Å². The van der Waals surface area contributed by atoms with E-state index in [-0.39, 0.29) is 5.15 Å². The van der Waals surface area contributed by atoms with Crippen molar-refractivity contribution >= 4 is 29.2 Å². The molecule has 0 spiro atoms. The summed E-state index contributed by atoms with van der Waals surface area (Å²) in [5.41, 5.74) is 1.66. The summed E-state index contributed by atoms with van der Waals surface area (Å²) in [6.07, 6.45) is 2.81. The summed E-state index contributed by atoms with van der Waals surface area (Å²) in [4.78, 5) is 14.9. The largest absolute Gasteiger partial charge is 0.465 e. The van der Waals surface area contributed by atoms with Gasteiger partial charge in [-0.15, -0.1) is 0 Å². The highest BCUT2D eigenvalue weighted by atomic mass is 35.5. The lowest BCUT2D eigenvalue weighted by molar-refractivity contribution is 0.209. The molecule has 6 nitrogen and oxygen atoms in total. The lowest BCUT2D eigenvalue weighted by atomic mass is 10.2. The zero-order valence-electron chi connectivity index (χ0n) is 8.72. The molecule has 0 bridgehead atoms. The quantitative estimate of drug-likeness (QED) is 0.804. The van der Waals surface area contributed by atoms with Crippen molar-refractivity contribution in [3.05, 3.63) is 23.0 Å². The highest BCUT2D eigenvalue weighted by Gasteiger charge is 2.28. The summed E-state index contributed by atoms with van der Waals surface area (Å²) in [5.74, 6) is 0.788. The molecule has 0 saturated heterocycles. The van der Waals surface area contributed by atoms with Gasteiger partial charge in [0.05, 0.1) is 6.20 Å². The van der Waals surface area contributed by atoms with Gasteiger partial charge in [0.1, 0.15) is 11.0 Å². The standard InChI is InChI=1S/C10H9ClN4O2/c11-7-3-8(14-10(16)17)15-9(13-7)6(4-12-15)5-1-2-5/h3-5,14H,1-2H2,(H,16,17). The van der Waals surface area contributed by atoms with Gasteiger partial charge in [0.15, 0.2) is 5.65 Å². The number of carbonyl (C=O) groups is 1. The van der Waals surface area contributed by atoms with Gasteiger partial charge in [-0.25, -0.2) is 9.78 Å². The Morgan fingerprint density at radius 1 is 1.59 bits per heavy atom. The van der Waals surface area contributed by atoms with Gasteiger partial charge in [-0.2, -0.15) is 9.61 Å². The van der Waals surface area contributed by atoms with E-state index in [1.54, 1.807) is 6.20 Å². The fraction of sp³-hybridized carbons (Fsp3) is 0.300. The van der Waals surface area contributed by atoms with Crippen molar-refractivity contribution in [1.82, 2.24) is 14.6 Å². The Balaban J connectivity index is 2.18. The predicted octanol–water partition coefficient (Wildman–Crippen LogP) is 2.35. The van der Waals surface area contributed by atoms with E-state index in [0.717, 1.165) is 18.4 Å². The number of anilines is 1. The first-order chi connectivity index (χ1) is 8.15. The van der Waals surface area contributed by atoms with Gasteiger partial charge < -0.3 is 5.11 Å². The Bertz CT molecular complexity index is 606. The number of amides is 1. The Labute approximate surface area is 101 Å². The van der Waals surface area contributed by atoms with E-state index in [1.165, 1.54) is 10.6 Å². The van der Waals surface area contributed by atoms with Gasteiger partial charge in [-0.3, -0.25) is 5.32 Å². The zero-order chi connectivity index (χ0) is 12.0. The molecule has 0 atom stereocenters. The number of aromatic nitrogens is 3. The van der Waals surface area contributed by atoms with Crippen molar-refractivity contribution in [1.29, 1.82) is 0 Å². The lowest BCUT2D eigenvalue weighted by Gasteiger charge is -2.04. The van der Waals surface area contributed by atoms with Gasteiger partial charge in [0.25, 0.3) is 0 Å². The molecule has 0 radical (unpaired) electrons. The molecule has 0 aliphatic heterocycles. The first-order valence-electron chi connectivity index (χ1n) is 5.19. The molecule has 1 aliphatic carbocycles. The number of halogens is 1. The van der Waals surface area contributed by atoms with Gasteiger partial charge in [-0.05, 0) is 18.8 Å². The fourth-order valence-electron chi connectivity index (χ4n) is 1.83.